The van der Waals surface area contributed by atoms with Gasteiger partial charge in [0.1, 0.15) is 5.82 Å². The minimum atomic E-state index is -0.130. The molecule has 1 saturated carbocycles. The van der Waals surface area contributed by atoms with E-state index in [0.29, 0.717) is 6.04 Å². The number of hydrogen-bond acceptors (Lipinski definition) is 2. The van der Waals surface area contributed by atoms with Crippen LogP contribution in [0.5, 0.6) is 0 Å². The molecular weight excluding hydrogens is 204 g/mol. The first kappa shape index (κ1) is 11.0. The van der Waals surface area contributed by atoms with Crippen molar-refractivity contribution in [1.29, 1.82) is 0 Å². The van der Waals surface area contributed by atoms with E-state index in [1.165, 1.54) is 12.8 Å². The highest BCUT2D eigenvalue weighted by molar-refractivity contribution is 5.88. The molecule has 0 saturated heterocycles. The van der Waals surface area contributed by atoms with E-state index >= 15 is 0 Å². The molecule has 0 aromatic carbocycles. The summed E-state index contributed by atoms with van der Waals surface area (Å²) in [5.74, 6) is 0.730. The summed E-state index contributed by atoms with van der Waals surface area (Å²) in [6.45, 7) is 1.90. The van der Waals surface area contributed by atoms with E-state index in [-0.39, 0.29) is 6.03 Å². The number of urea groups is 1. The number of aryl methyl sites for hydroxylation is 2. The van der Waals surface area contributed by atoms with Gasteiger partial charge < -0.3 is 5.32 Å². The molecule has 1 aromatic rings. The average molecular weight is 222 g/mol. The molecule has 1 aliphatic carbocycles. The molecular formula is C11H18N4O. The normalized spacial score (nSPS) is 16.4. The van der Waals surface area contributed by atoms with Gasteiger partial charge in [-0.2, -0.15) is 5.10 Å². The molecule has 1 aromatic heterocycles. The Morgan fingerprint density at radius 2 is 2.19 bits per heavy atom. The Morgan fingerprint density at radius 1 is 1.50 bits per heavy atom. The van der Waals surface area contributed by atoms with Gasteiger partial charge in [-0.05, 0) is 19.8 Å². The molecule has 2 amide bonds. The summed E-state index contributed by atoms with van der Waals surface area (Å²) in [6.07, 6.45) is 4.63. The van der Waals surface area contributed by atoms with Gasteiger partial charge in [-0.25, -0.2) is 4.79 Å². The SMILES string of the molecule is Cc1cc(NC(=O)NC2CCCC2)n(C)n1. The zero-order valence-electron chi connectivity index (χ0n) is 9.79. The van der Waals surface area contributed by atoms with E-state index in [1.807, 2.05) is 20.0 Å². The van der Waals surface area contributed by atoms with Gasteiger partial charge in [-0.1, -0.05) is 12.8 Å². The van der Waals surface area contributed by atoms with Crippen LogP contribution >= 0.6 is 0 Å². The highest BCUT2D eigenvalue weighted by atomic mass is 16.2. The maximum absolute atomic E-state index is 11.7. The smallest absolute Gasteiger partial charge is 0.320 e. The third-order valence-electron chi connectivity index (χ3n) is 2.93. The summed E-state index contributed by atoms with van der Waals surface area (Å²) in [6, 6.07) is 2.07. The predicted octanol–water partition coefficient (Wildman–Crippen LogP) is 1.79. The quantitative estimate of drug-likeness (QED) is 0.801. The largest absolute Gasteiger partial charge is 0.335 e. The lowest BCUT2D eigenvalue weighted by Crippen LogP contribution is -2.36. The van der Waals surface area contributed by atoms with Crippen molar-refractivity contribution in [2.75, 3.05) is 5.32 Å². The molecule has 88 valence electrons. The molecule has 2 rings (SSSR count). The number of rotatable bonds is 2. The first-order chi connectivity index (χ1) is 7.65. The zero-order chi connectivity index (χ0) is 11.5. The van der Waals surface area contributed by atoms with Gasteiger partial charge in [0.25, 0.3) is 0 Å². The molecule has 5 nitrogen and oxygen atoms in total. The molecule has 0 radical (unpaired) electrons. The Balaban J connectivity index is 1.89. The van der Waals surface area contributed by atoms with Gasteiger partial charge in [0, 0.05) is 19.2 Å². The van der Waals surface area contributed by atoms with E-state index in [4.69, 9.17) is 0 Å². The average Bonchev–Trinajstić information content (AvgIpc) is 2.78. The Hall–Kier alpha value is -1.52. The topological polar surface area (TPSA) is 59.0 Å². The molecule has 1 fully saturated rings. The Kier molecular flexibility index (Phi) is 3.12. The predicted molar refractivity (Wildman–Crippen MR) is 62.4 cm³/mol. The number of aromatic nitrogens is 2. The second-order valence-electron chi connectivity index (χ2n) is 4.37. The highest BCUT2D eigenvalue weighted by Gasteiger charge is 2.17. The van der Waals surface area contributed by atoms with Crippen molar-refractivity contribution < 1.29 is 4.79 Å². The van der Waals surface area contributed by atoms with Crippen LogP contribution in [0.15, 0.2) is 6.07 Å². The van der Waals surface area contributed by atoms with Crippen LogP contribution in [0.25, 0.3) is 0 Å². The third-order valence-corrected chi connectivity index (χ3v) is 2.93. The summed E-state index contributed by atoms with van der Waals surface area (Å²) in [5, 5.41) is 9.95. The highest BCUT2D eigenvalue weighted by Crippen LogP contribution is 2.17. The van der Waals surface area contributed by atoms with E-state index in [2.05, 4.69) is 15.7 Å². The summed E-state index contributed by atoms with van der Waals surface area (Å²) < 4.78 is 1.67. The zero-order valence-corrected chi connectivity index (χ0v) is 9.79. The maximum atomic E-state index is 11.7. The summed E-state index contributed by atoms with van der Waals surface area (Å²) in [4.78, 5) is 11.7. The molecule has 0 atom stereocenters. The van der Waals surface area contributed by atoms with Crippen molar-refractivity contribution >= 4 is 11.8 Å². The number of anilines is 1. The van der Waals surface area contributed by atoms with Crippen molar-refractivity contribution in [3.8, 4) is 0 Å². The van der Waals surface area contributed by atoms with Crippen LogP contribution in [0.2, 0.25) is 0 Å². The number of carbonyl (C=O) groups is 1. The van der Waals surface area contributed by atoms with Crippen molar-refractivity contribution in [3.05, 3.63) is 11.8 Å². The van der Waals surface area contributed by atoms with Crippen LogP contribution in [0, 0.1) is 6.92 Å². The van der Waals surface area contributed by atoms with Crippen molar-refractivity contribution in [2.24, 2.45) is 7.05 Å². The van der Waals surface area contributed by atoms with E-state index in [9.17, 15) is 4.79 Å². The lowest BCUT2D eigenvalue weighted by atomic mass is 10.2. The Bertz CT molecular complexity index is 379. The number of nitrogens with zero attached hydrogens (tertiary/aromatic N) is 2. The van der Waals surface area contributed by atoms with Crippen LogP contribution in [-0.2, 0) is 7.05 Å². The Labute approximate surface area is 95.2 Å². The van der Waals surface area contributed by atoms with E-state index in [1.54, 1.807) is 4.68 Å². The molecule has 0 spiro atoms. The first-order valence-electron chi connectivity index (χ1n) is 5.73. The molecule has 1 aliphatic rings. The standard InChI is InChI=1S/C11H18N4O/c1-8-7-10(15(2)14-8)13-11(16)12-9-5-3-4-6-9/h7,9H,3-6H2,1-2H3,(H2,12,13,16). The van der Waals surface area contributed by atoms with Gasteiger partial charge in [-0.15, -0.1) is 0 Å². The number of amides is 2. The van der Waals surface area contributed by atoms with Crippen molar-refractivity contribution in [1.82, 2.24) is 15.1 Å². The fourth-order valence-electron chi connectivity index (χ4n) is 2.14. The molecule has 0 bridgehead atoms. The van der Waals surface area contributed by atoms with Crippen LogP contribution in [0.4, 0.5) is 10.6 Å². The van der Waals surface area contributed by atoms with Gasteiger partial charge in [0.2, 0.25) is 0 Å². The third kappa shape index (κ3) is 2.53. The Morgan fingerprint density at radius 3 is 2.75 bits per heavy atom. The number of nitrogens with one attached hydrogen (secondary N) is 2. The molecule has 2 N–H and O–H groups in total. The minimum Gasteiger partial charge on any atom is -0.335 e. The minimum absolute atomic E-state index is 0.130. The molecule has 0 aliphatic heterocycles. The summed E-state index contributed by atoms with van der Waals surface area (Å²) >= 11 is 0. The van der Waals surface area contributed by atoms with Crippen molar-refractivity contribution in [2.45, 2.75) is 38.6 Å². The van der Waals surface area contributed by atoms with Crippen LogP contribution in [0.3, 0.4) is 0 Å². The lowest BCUT2D eigenvalue weighted by Gasteiger charge is -2.12. The van der Waals surface area contributed by atoms with Gasteiger partial charge in [0.15, 0.2) is 0 Å². The second kappa shape index (κ2) is 4.55. The monoisotopic (exact) mass is 222 g/mol. The second-order valence-corrected chi connectivity index (χ2v) is 4.37. The van der Waals surface area contributed by atoms with Crippen LogP contribution < -0.4 is 10.6 Å². The van der Waals surface area contributed by atoms with Crippen molar-refractivity contribution in [3.63, 3.8) is 0 Å². The number of carbonyl (C=O) groups excluding carboxylic acids is 1. The van der Waals surface area contributed by atoms with Gasteiger partial charge in [0.05, 0.1) is 5.69 Å². The fourth-order valence-corrected chi connectivity index (χ4v) is 2.14. The van der Waals surface area contributed by atoms with Crippen LogP contribution in [0.1, 0.15) is 31.4 Å². The summed E-state index contributed by atoms with van der Waals surface area (Å²) in [5.41, 5.74) is 0.902. The molecule has 16 heavy (non-hydrogen) atoms. The maximum Gasteiger partial charge on any atom is 0.320 e. The molecule has 0 unspecified atom stereocenters. The number of hydrogen-bond donors (Lipinski definition) is 2. The summed E-state index contributed by atoms with van der Waals surface area (Å²) in [7, 11) is 1.82. The van der Waals surface area contributed by atoms with Gasteiger partial charge in [-0.3, -0.25) is 10.00 Å². The van der Waals surface area contributed by atoms with E-state index in [0.717, 1.165) is 24.4 Å². The molecule has 5 heteroatoms. The van der Waals surface area contributed by atoms with Gasteiger partial charge >= 0.3 is 6.03 Å². The van der Waals surface area contributed by atoms with Crippen LogP contribution in [-0.4, -0.2) is 21.9 Å². The first-order valence-corrected chi connectivity index (χ1v) is 5.73. The van der Waals surface area contributed by atoms with E-state index < -0.39 is 0 Å². The fraction of sp³-hybridized carbons (Fsp3) is 0.636. The lowest BCUT2D eigenvalue weighted by molar-refractivity contribution is 0.248. The molecule has 1 heterocycles.